The van der Waals surface area contributed by atoms with E-state index in [2.05, 4.69) is 58.1 Å². The molecule has 2 aliphatic heterocycles. The number of likely N-dealkylation sites (N-methyl/N-ethyl adjacent to an activating group) is 1. The van der Waals surface area contributed by atoms with Crippen LogP contribution in [0.1, 0.15) is 29.5 Å². The summed E-state index contributed by atoms with van der Waals surface area (Å²) in [6.45, 7) is 9.02. The van der Waals surface area contributed by atoms with Crippen LogP contribution >= 0.6 is 0 Å². The molecular weight excluding hydrogens is 398 g/mol. The van der Waals surface area contributed by atoms with Gasteiger partial charge in [0.25, 0.3) is 0 Å². The summed E-state index contributed by atoms with van der Waals surface area (Å²) in [5.41, 5.74) is 4.14. The van der Waals surface area contributed by atoms with Crippen molar-refractivity contribution in [2.45, 2.75) is 32.4 Å². The summed E-state index contributed by atoms with van der Waals surface area (Å²) in [5, 5.41) is 0. The Hall–Kier alpha value is -2.08. The van der Waals surface area contributed by atoms with E-state index in [9.17, 15) is 0 Å². The molecule has 5 heteroatoms. The Morgan fingerprint density at radius 3 is 2.06 bits per heavy atom. The normalized spacial score (nSPS) is 19.2. The van der Waals surface area contributed by atoms with Crippen molar-refractivity contribution < 1.29 is 9.47 Å². The molecule has 0 bridgehead atoms. The smallest absolute Gasteiger partial charge is 0.165 e. The summed E-state index contributed by atoms with van der Waals surface area (Å²) in [6, 6.07) is 15.6. The van der Waals surface area contributed by atoms with Gasteiger partial charge >= 0.3 is 0 Å². The molecule has 0 amide bonds. The number of hydrogen-bond acceptors (Lipinski definition) is 5. The Morgan fingerprint density at radius 2 is 1.41 bits per heavy atom. The van der Waals surface area contributed by atoms with Gasteiger partial charge < -0.3 is 14.4 Å². The zero-order chi connectivity index (χ0) is 22.3. The van der Waals surface area contributed by atoms with Crippen LogP contribution in [0.2, 0.25) is 0 Å². The molecule has 4 rings (SSSR count). The molecule has 2 aromatic rings. The van der Waals surface area contributed by atoms with E-state index in [1.54, 1.807) is 14.2 Å². The van der Waals surface area contributed by atoms with Crippen molar-refractivity contribution in [1.82, 2.24) is 14.7 Å². The second-order valence-electron chi connectivity index (χ2n) is 9.47. The van der Waals surface area contributed by atoms with Crippen LogP contribution in [0.25, 0.3) is 0 Å². The van der Waals surface area contributed by atoms with Crippen molar-refractivity contribution in [3.8, 4) is 11.5 Å². The topological polar surface area (TPSA) is 28.2 Å². The predicted octanol–water partition coefficient (Wildman–Crippen LogP) is 3.91. The first-order chi connectivity index (χ1) is 15.6. The van der Waals surface area contributed by atoms with E-state index in [1.165, 1.54) is 62.1 Å². The van der Waals surface area contributed by atoms with Crippen LogP contribution in [0.5, 0.6) is 11.5 Å². The number of piperidine rings is 1. The van der Waals surface area contributed by atoms with Crippen LogP contribution in [0.4, 0.5) is 0 Å². The Kier molecular flexibility index (Phi) is 8.06. The van der Waals surface area contributed by atoms with Gasteiger partial charge in [0, 0.05) is 44.8 Å². The molecular formula is C27H39N3O2. The van der Waals surface area contributed by atoms with Gasteiger partial charge in [-0.25, -0.2) is 0 Å². The molecule has 5 nitrogen and oxygen atoms in total. The van der Waals surface area contributed by atoms with Crippen LogP contribution in [0, 0.1) is 5.92 Å². The maximum absolute atomic E-state index is 5.61. The summed E-state index contributed by atoms with van der Waals surface area (Å²) in [7, 11) is 5.64. The number of benzene rings is 2. The third kappa shape index (κ3) is 6.03. The maximum Gasteiger partial charge on any atom is 0.165 e. The fourth-order valence-corrected chi connectivity index (χ4v) is 5.05. The molecule has 2 aromatic carbocycles. The lowest BCUT2D eigenvalue weighted by Crippen LogP contribution is -2.43. The van der Waals surface area contributed by atoms with Crippen molar-refractivity contribution in [2.24, 2.45) is 5.92 Å². The Morgan fingerprint density at radius 1 is 0.750 bits per heavy atom. The molecule has 0 aromatic heterocycles. The maximum atomic E-state index is 5.61. The van der Waals surface area contributed by atoms with Crippen molar-refractivity contribution in [3.63, 3.8) is 0 Å². The predicted molar refractivity (Wildman–Crippen MR) is 130 cm³/mol. The number of likely N-dealkylation sites (tertiary alicyclic amines) is 1. The minimum absolute atomic E-state index is 0.780. The monoisotopic (exact) mass is 437 g/mol. The Labute approximate surface area is 193 Å². The van der Waals surface area contributed by atoms with Gasteiger partial charge in [-0.15, -0.1) is 0 Å². The number of ether oxygens (including phenoxy) is 2. The third-order valence-electron chi connectivity index (χ3n) is 7.14. The zero-order valence-corrected chi connectivity index (χ0v) is 20.1. The lowest BCUT2D eigenvalue weighted by Gasteiger charge is -2.33. The van der Waals surface area contributed by atoms with Gasteiger partial charge in [-0.1, -0.05) is 36.4 Å². The van der Waals surface area contributed by atoms with E-state index < -0.39 is 0 Å². The summed E-state index contributed by atoms with van der Waals surface area (Å²) in [6.07, 6.45) is 3.72. The number of hydrogen-bond donors (Lipinski definition) is 0. The average molecular weight is 438 g/mol. The van der Waals surface area contributed by atoms with E-state index in [4.69, 9.17) is 9.47 Å². The summed E-state index contributed by atoms with van der Waals surface area (Å²) >= 11 is 0. The Balaban J connectivity index is 1.24. The molecule has 0 aliphatic carbocycles. The van der Waals surface area contributed by atoms with Crippen LogP contribution in [-0.2, 0) is 19.5 Å². The first-order valence-corrected chi connectivity index (χ1v) is 12.1. The van der Waals surface area contributed by atoms with Crippen molar-refractivity contribution in [3.05, 3.63) is 59.2 Å². The SMILES string of the molecule is COc1cccc(CN2CCC(Cc3ccc(CN4CCN(C)CC4)cc3)CC2)c1OC. The van der Waals surface area contributed by atoms with Gasteiger partial charge in [0.2, 0.25) is 0 Å². The molecule has 0 spiro atoms. The van der Waals surface area contributed by atoms with Gasteiger partial charge in [0.15, 0.2) is 11.5 Å². The molecule has 0 unspecified atom stereocenters. The highest BCUT2D eigenvalue weighted by Gasteiger charge is 2.21. The molecule has 2 fully saturated rings. The molecule has 2 saturated heterocycles. The van der Waals surface area contributed by atoms with Crippen LogP contribution in [0.3, 0.4) is 0 Å². The van der Waals surface area contributed by atoms with Gasteiger partial charge in [-0.3, -0.25) is 9.80 Å². The van der Waals surface area contributed by atoms with Crippen LogP contribution < -0.4 is 9.47 Å². The highest BCUT2D eigenvalue weighted by Crippen LogP contribution is 2.32. The van der Waals surface area contributed by atoms with E-state index in [-0.39, 0.29) is 0 Å². The highest BCUT2D eigenvalue weighted by molar-refractivity contribution is 5.46. The zero-order valence-electron chi connectivity index (χ0n) is 20.1. The summed E-state index contributed by atoms with van der Waals surface area (Å²) in [5.74, 6) is 2.46. The second-order valence-corrected chi connectivity index (χ2v) is 9.47. The van der Waals surface area contributed by atoms with E-state index in [0.717, 1.165) is 43.6 Å². The van der Waals surface area contributed by atoms with Crippen molar-refractivity contribution >= 4 is 0 Å². The second kappa shape index (κ2) is 11.2. The lowest BCUT2D eigenvalue weighted by atomic mass is 9.89. The standard InChI is InChI=1S/C27H39N3O2/c1-28-15-17-30(18-16-28)20-24-9-7-22(8-10-24)19-23-11-13-29(14-12-23)21-25-5-4-6-26(31-2)27(25)32-3/h4-10,23H,11-21H2,1-3H3. The molecule has 0 atom stereocenters. The van der Waals surface area contributed by atoms with Gasteiger partial charge in [-0.05, 0) is 62.5 Å². The fourth-order valence-electron chi connectivity index (χ4n) is 5.05. The summed E-state index contributed by atoms with van der Waals surface area (Å²) < 4.78 is 11.1. The molecule has 32 heavy (non-hydrogen) atoms. The number of nitrogens with zero attached hydrogens (tertiary/aromatic N) is 3. The number of methoxy groups -OCH3 is 2. The minimum atomic E-state index is 0.780. The van der Waals surface area contributed by atoms with E-state index in [0.29, 0.717) is 0 Å². The minimum Gasteiger partial charge on any atom is -0.493 e. The number of rotatable bonds is 8. The Bertz CT molecular complexity index is 838. The summed E-state index contributed by atoms with van der Waals surface area (Å²) in [4.78, 5) is 7.53. The van der Waals surface area contributed by atoms with Gasteiger partial charge in [-0.2, -0.15) is 0 Å². The van der Waals surface area contributed by atoms with Gasteiger partial charge in [0.05, 0.1) is 14.2 Å². The van der Waals surface area contributed by atoms with Crippen LogP contribution in [-0.4, -0.2) is 75.2 Å². The molecule has 0 radical (unpaired) electrons. The van der Waals surface area contributed by atoms with Crippen molar-refractivity contribution in [1.29, 1.82) is 0 Å². The number of para-hydroxylation sites is 1. The highest BCUT2D eigenvalue weighted by atomic mass is 16.5. The number of piperazine rings is 1. The molecule has 2 aliphatic rings. The lowest BCUT2D eigenvalue weighted by molar-refractivity contribution is 0.148. The quantitative estimate of drug-likeness (QED) is 0.625. The fraction of sp³-hybridized carbons (Fsp3) is 0.556. The average Bonchev–Trinajstić information content (AvgIpc) is 2.83. The first kappa shape index (κ1) is 23.1. The molecule has 0 saturated carbocycles. The van der Waals surface area contributed by atoms with Gasteiger partial charge in [0.1, 0.15) is 0 Å². The molecule has 2 heterocycles. The first-order valence-electron chi connectivity index (χ1n) is 12.1. The van der Waals surface area contributed by atoms with E-state index in [1.807, 2.05) is 6.07 Å². The largest absolute Gasteiger partial charge is 0.493 e. The van der Waals surface area contributed by atoms with Crippen molar-refractivity contribution in [2.75, 3.05) is 60.5 Å². The van der Waals surface area contributed by atoms with E-state index >= 15 is 0 Å². The van der Waals surface area contributed by atoms with Crippen LogP contribution in [0.15, 0.2) is 42.5 Å². The third-order valence-corrected chi connectivity index (χ3v) is 7.14. The molecule has 174 valence electrons. The molecule has 0 N–H and O–H groups in total.